The normalized spacial score (nSPS) is 10.8. The first-order valence-corrected chi connectivity index (χ1v) is 5.31. The maximum absolute atomic E-state index is 13.8. The van der Waals surface area contributed by atoms with Crippen LogP contribution in [0, 0.1) is 17.5 Å². The number of hydrogen-bond donors (Lipinski definition) is 1. The molecule has 0 aliphatic heterocycles. The Morgan fingerprint density at radius 2 is 1.95 bits per heavy atom. The van der Waals surface area contributed by atoms with Crippen molar-refractivity contribution < 1.29 is 23.1 Å². The van der Waals surface area contributed by atoms with Gasteiger partial charge in [-0.15, -0.1) is 0 Å². The number of carboxylic acid groups (broad SMARTS) is 1. The van der Waals surface area contributed by atoms with Crippen LogP contribution in [-0.2, 0) is 7.05 Å². The van der Waals surface area contributed by atoms with Gasteiger partial charge in [0, 0.05) is 12.6 Å². The Morgan fingerprint density at radius 1 is 1.32 bits per heavy atom. The quantitative estimate of drug-likeness (QED) is 0.683. The van der Waals surface area contributed by atoms with E-state index in [1.54, 1.807) is 0 Å². The SMILES string of the molecule is Cn1nc(C(=O)O)cc1-c1cc(F)c(F)c(Cl)c1F. The third-order valence-electron chi connectivity index (χ3n) is 2.48. The highest BCUT2D eigenvalue weighted by atomic mass is 35.5. The predicted octanol–water partition coefficient (Wildman–Crippen LogP) is 2.86. The lowest BCUT2D eigenvalue weighted by molar-refractivity contribution is 0.0689. The molecule has 0 saturated carbocycles. The summed E-state index contributed by atoms with van der Waals surface area (Å²) in [4.78, 5) is 10.7. The van der Waals surface area contributed by atoms with Crippen molar-refractivity contribution in [1.29, 1.82) is 0 Å². The number of aromatic carboxylic acids is 1. The Balaban J connectivity index is 2.69. The topological polar surface area (TPSA) is 55.1 Å². The van der Waals surface area contributed by atoms with Crippen LogP contribution in [0.25, 0.3) is 11.3 Å². The summed E-state index contributed by atoms with van der Waals surface area (Å²) in [5.74, 6) is -5.33. The molecule has 0 radical (unpaired) electrons. The third kappa shape index (κ3) is 2.17. The van der Waals surface area contributed by atoms with Gasteiger partial charge >= 0.3 is 5.97 Å². The highest BCUT2D eigenvalue weighted by molar-refractivity contribution is 6.31. The molecule has 0 atom stereocenters. The molecule has 100 valence electrons. The standard InChI is InChI=1S/C11H6ClF3N2O2/c1-17-7(3-6(16-17)11(18)19)4-2-5(13)10(15)8(12)9(4)14/h2-3H,1H3,(H,18,19). The Kier molecular flexibility index (Phi) is 3.23. The maximum atomic E-state index is 13.8. The molecule has 0 amide bonds. The first-order chi connectivity index (χ1) is 8.82. The van der Waals surface area contributed by atoms with Crippen LogP contribution in [0.4, 0.5) is 13.2 Å². The molecule has 0 unspecified atom stereocenters. The molecule has 0 bridgehead atoms. The van der Waals surface area contributed by atoms with Crippen molar-refractivity contribution in [3.8, 4) is 11.3 Å². The number of hydrogen-bond acceptors (Lipinski definition) is 2. The third-order valence-corrected chi connectivity index (χ3v) is 2.81. The minimum atomic E-state index is -1.50. The highest BCUT2D eigenvalue weighted by Crippen LogP contribution is 2.31. The second kappa shape index (κ2) is 4.58. The smallest absolute Gasteiger partial charge is 0.356 e. The zero-order valence-corrected chi connectivity index (χ0v) is 10.2. The lowest BCUT2D eigenvalue weighted by atomic mass is 10.1. The van der Waals surface area contributed by atoms with Gasteiger partial charge in [-0.25, -0.2) is 18.0 Å². The van der Waals surface area contributed by atoms with Crippen LogP contribution < -0.4 is 0 Å². The van der Waals surface area contributed by atoms with E-state index in [1.165, 1.54) is 7.05 Å². The Bertz CT molecular complexity index is 685. The highest BCUT2D eigenvalue weighted by Gasteiger charge is 2.21. The van der Waals surface area contributed by atoms with Crippen LogP contribution >= 0.6 is 11.6 Å². The average Bonchev–Trinajstić information content (AvgIpc) is 2.73. The maximum Gasteiger partial charge on any atom is 0.356 e. The molecule has 1 heterocycles. The summed E-state index contributed by atoms with van der Waals surface area (Å²) < 4.78 is 41.1. The van der Waals surface area contributed by atoms with Crippen molar-refractivity contribution in [2.24, 2.45) is 7.05 Å². The van der Waals surface area contributed by atoms with Crippen molar-refractivity contribution in [3.63, 3.8) is 0 Å². The van der Waals surface area contributed by atoms with Crippen molar-refractivity contribution in [1.82, 2.24) is 9.78 Å². The zero-order valence-electron chi connectivity index (χ0n) is 9.42. The summed E-state index contributed by atoms with van der Waals surface area (Å²) in [5, 5.41) is 11.4. The molecule has 2 rings (SSSR count). The van der Waals surface area contributed by atoms with E-state index in [-0.39, 0.29) is 17.0 Å². The summed E-state index contributed by atoms with van der Waals surface area (Å²) in [6.07, 6.45) is 0. The number of halogens is 4. The molecule has 1 aromatic heterocycles. The molecule has 1 N–H and O–H groups in total. The number of carbonyl (C=O) groups is 1. The molecule has 0 aliphatic carbocycles. The monoisotopic (exact) mass is 290 g/mol. The lowest BCUT2D eigenvalue weighted by Crippen LogP contribution is -2.00. The van der Waals surface area contributed by atoms with Crippen LogP contribution in [0.2, 0.25) is 5.02 Å². The van der Waals surface area contributed by atoms with Crippen LogP contribution in [0.5, 0.6) is 0 Å². The first-order valence-electron chi connectivity index (χ1n) is 4.93. The van der Waals surface area contributed by atoms with E-state index >= 15 is 0 Å². The molecular formula is C11H6ClF3N2O2. The summed E-state index contributed by atoms with van der Waals surface area (Å²) in [5.41, 5.74) is -0.750. The summed E-state index contributed by atoms with van der Waals surface area (Å²) in [7, 11) is 1.34. The molecule has 19 heavy (non-hydrogen) atoms. The largest absolute Gasteiger partial charge is 0.476 e. The van der Waals surface area contributed by atoms with E-state index in [4.69, 9.17) is 16.7 Å². The van der Waals surface area contributed by atoms with E-state index in [2.05, 4.69) is 5.10 Å². The van der Waals surface area contributed by atoms with Crippen LogP contribution in [0.1, 0.15) is 10.5 Å². The van der Waals surface area contributed by atoms with Crippen molar-refractivity contribution >= 4 is 17.6 Å². The molecule has 0 aliphatic rings. The summed E-state index contributed by atoms with van der Waals surface area (Å²) >= 11 is 5.32. The number of rotatable bonds is 2. The molecule has 4 nitrogen and oxygen atoms in total. The second-order valence-electron chi connectivity index (χ2n) is 3.69. The Morgan fingerprint density at radius 3 is 2.47 bits per heavy atom. The van der Waals surface area contributed by atoms with Crippen LogP contribution in [0.15, 0.2) is 12.1 Å². The minimum Gasteiger partial charge on any atom is -0.476 e. The molecule has 0 saturated heterocycles. The fraction of sp³-hybridized carbons (Fsp3) is 0.0909. The van der Waals surface area contributed by atoms with E-state index in [0.717, 1.165) is 10.7 Å². The minimum absolute atomic E-state index is 0.0318. The van der Waals surface area contributed by atoms with E-state index in [9.17, 15) is 18.0 Å². The number of nitrogens with zero attached hydrogens (tertiary/aromatic N) is 2. The number of benzene rings is 1. The van der Waals surface area contributed by atoms with Gasteiger partial charge in [0.15, 0.2) is 23.1 Å². The van der Waals surface area contributed by atoms with Crippen molar-refractivity contribution in [3.05, 3.63) is 40.3 Å². The van der Waals surface area contributed by atoms with Gasteiger partial charge in [-0.2, -0.15) is 5.10 Å². The van der Waals surface area contributed by atoms with E-state index < -0.39 is 28.4 Å². The van der Waals surface area contributed by atoms with Crippen molar-refractivity contribution in [2.45, 2.75) is 0 Å². The molecule has 0 fully saturated rings. The molecule has 0 spiro atoms. The summed E-state index contributed by atoms with van der Waals surface area (Å²) in [6.45, 7) is 0. The molecule has 1 aromatic carbocycles. The fourth-order valence-electron chi connectivity index (χ4n) is 1.58. The predicted molar refractivity (Wildman–Crippen MR) is 60.5 cm³/mol. The van der Waals surface area contributed by atoms with Gasteiger partial charge in [-0.1, -0.05) is 11.6 Å². The van der Waals surface area contributed by atoms with Gasteiger partial charge in [-0.3, -0.25) is 4.68 Å². The van der Waals surface area contributed by atoms with Gasteiger partial charge in [0.2, 0.25) is 0 Å². The van der Waals surface area contributed by atoms with Gasteiger partial charge in [0.05, 0.1) is 5.69 Å². The number of carboxylic acids is 1. The van der Waals surface area contributed by atoms with Crippen molar-refractivity contribution in [2.75, 3.05) is 0 Å². The van der Waals surface area contributed by atoms with E-state index in [0.29, 0.717) is 6.07 Å². The zero-order chi connectivity index (χ0) is 14.3. The second-order valence-corrected chi connectivity index (χ2v) is 4.07. The molecule has 2 aromatic rings. The van der Waals surface area contributed by atoms with Gasteiger partial charge < -0.3 is 5.11 Å². The summed E-state index contributed by atoms with van der Waals surface area (Å²) in [6, 6.07) is 1.63. The van der Waals surface area contributed by atoms with Gasteiger partial charge in [-0.05, 0) is 12.1 Å². The Labute approximate surface area is 110 Å². The van der Waals surface area contributed by atoms with Gasteiger partial charge in [0.25, 0.3) is 0 Å². The van der Waals surface area contributed by atoms with Crippen LogP contribution in [-0.4, -0.2) is 20.9 Å². The molecule has 8 heteroatoms. The van der Waals surface area contributed by atoms with Gasteiger partial charge in [0.1, 0.15) is 5.02 Å². The lowest BCUT2D eigenvalue weighted by Gasteiger charge is -2.06. The Hall–Kier alpha value is -2.02. The number of aromatic nitrogens is 2. The van der Waals surface area contributed by atoms with E-state index in [1.807, 2.05) is 0 Å². The molecular weight excluding hydrogens is 285 g/mol. The first kappa shape index (κ1) is 13.4. The average molecular weight is 291 g/mol. The van der Waals surface area contributed by atoms with Crippen LogP contribution in [0.3, 0.4) is 0 Å². The fourth-order valence-corrected chi connectivity index (χ4v) is 1.78. The number of aryl methyl sites for hydroxylation is 1.